The van der Waals surface area contributed by atoms with Crippen LogP contribution in [0.1, 0.15) is 22.4 Å². The summed E-state index contributed by atoms with van der Waals surface area (Å²) in [6.45, 7) is 6.13. The molecule has 26 heavy (non-hydrogen) atoms. The van der Waals surface area contributed by atoms with Crippen LogP contribution in [0, 0.1) is 20.8 Å². The lowest BCUT2D eigenvalue weighted by Crippen LogP contribution is -2.16. The van der Waals surface area contributed by atoms with Crippen molar-refractivity contribution in [2.75, 3.05) is 7.05 Å². The second-order valence-corrected chi connectivity index (χ2v) is 8.23. The average Bonchev–Trinajstić information content (AvgIpc) is 3.00. The summed E-state index contributed by atoms with van der Waals surface area (Å²) >= 11 is 0. The number of nitrogens with zero attached hydrogens (tertiary/aromatic N) is 2. The standard InChI is InChI=1S/C20H23N3O2S/c1-14-10-15(2)19(16(3)11-14)26(24,25)23-13-18(12-21-4)22-20(23)17-8-6-5-7-9-17/h5-11,13,21H,12H2,1-4H3. The molecule has 5 nitrogen and oxygen atoms in total. The van der Waals surface area contributed by atoms with E-state index >= 15 is 0 Å². The van der Waals surface area contributed by atoms with E-state index < -0.39 is 10.0 Å². The number of rotatable bonds is 5. The summed E-state index contributed by atoms with van der Waals surface area (Å²) in [7, 11) is -1.96. The Hall–Kier alpha value is -2.44. The number of benzene rings is 2. The lowest BCUT2D eigenvalue weighted by atomic mass is 10.1. The van der Waals surface area contributed by atoms with Crippen molar-refractivity contribution >= 4 is 10.0 Å². The second-order valence-electron chi connectivity index (χ2n) is 6.48. The molecule has 0 amide bonds. The maximum Gasteiger partial charge on any atom is 0.269 e. The number of nitrogens with one attached hydrogen (secondary N) is 1. The molecule has 1 heterocycles. The highest BCUT2D eigenvalue weighted by atomic mass is 32.2. The highest BCUT2D eigenvalue weighted by molar-refractivity contribution is 7.90. The average molecular weight is 369 g/mol. The van der Waals surface area contributed by atoms with E-state index in [1.165, 1.54) is 3.97 Å². The Morgan fingerprint density at radius 3 is 2.23 bits per heavy atom. The fourth-order valence-electron chi connectivity index (χ4n) is 3.31. The van der Waals surface area contributed by atoms with Gasteiger partial charge in [0.05, 0.1) is 10.6 Å². The summed E-state index contributed by atoms with van der Waals surface area (Å²) < 4.78 is 28.3. The first-order chi connectivity index (χ1) is 12.3. The Morgan fingerprint density at radius 1 is 1.04 bits per heavy atom. The Labute approximate surface area is 154 Å². The third kappa shape index (κ3) is 3.30. The van der Waals surface area contributed by atoms with Crippen molar-refractivity contribution in [2.24, 2.45) is 0 Å². The molecule has 0 saturated heterocycles. The van der Waals surface area contributed by atoms with Gasteiger partial charge in [-0.2, -0.15) is 0 Å². The summed E-state index contributed by atoms with van der Waals surface area (Å²) in [4.78, 5) is 4.90. The Bertz CT molecular complexity index is 1020. The Balaban J connectivity index is 2.26. The minimum absolute atomic E-state index is 0.341. The molecule has 0 bridgehead atoms. The molecule has 0 aliphatic heterocycles. The first-order valence-corrected chi connectivity index (χ1v) is 9.90. The largest absolute Gasteiger partial charge is 0.314 e. The smallest absolute Gasteiger partial charge is 0.269 e. The predicted octanol–water partition coefficient (Wildman–Crippen LogP) is 3.43. The molecule has 3 aromatic rings. The summed E-state index contributed by atoms with van der Waals surface area (Å²) in [6, 6.07) is 13.2. The maximum atomic E-state index is 13.5. The zero-order chi connectivity index (χ0) is 18.9. The molecular formula is C20H23N3O2S. The van der Waals surface area contributed by atoms with Crippen LogP contribution in [0.5, 0.6) is 0 Å². The van der Waals surface area contributed by atoms with E-state index in [1.807, 2.05) is 70.3 Å². The van der Waals surface area contributed by atoms with E-state index in [9.17, 15) is 8.42 Å². The number of imidazole rings is 1. The minimum atomic E-state index is -3.77. The van der Waals surface area contributed by atoms with E-state index in [1.54, 1.807) is 6.20 Å². The summed E-state index contributed by atoms with van der Waals surface area (Å²) in [5.74, 6) is 0.426. The van der Waals surface area contributed by atoms with Crippen LogP contribution in [-0.2, 0) is 16.6 Å². The zero-order valence-corrected chi connectivity index (χ0v) is 16.3. The van der Waals surface area contributed by atoms with Gasteiger partial charge in [0.15, 0.2) is 5.82 Å². The molecule has 1 aromatic heterocycles. The van der Waals surface area contributed by atoms with E-state index in [2.05, 4.69) is 10.3 Å². The lowest BCUT2D eigenvalue weighted by molar-refractivity contribution is 0.586. The first kappa shape index (κ1) is 18.4. The third-order valence-corrected chi connectivity index (χ3v) is 6.19. The van der Waals surface area contributed by atoms with Crippen LogP contribution in [0.15, 0.2) is 53.6 Å². The summed E-state index contributed by atoms with van der Waals surface area (Å²) in [6.07, 6.45) is 1.60. The van der Waals surface area contributed by atoms with Crippen LogP contribution in [0.2, 0.25) is 0 Å². The van der Waals surface area contributed by atoms with Crippen LogP contribution in [0.3, 0.4) is 0 Å². The van der Waals surface area contributed by atoms with Crippen molar-refractivity contribution in [3.05, 3.63) is 71.0 Å². The third-order valence-electron chi connectivity index (χ3n) is 4.24. The fraction of sp³-hybridized carbons (Fsp3) is 0.250. The van der Waals surface area contributed by atoms with Gasteiger partial charge in [-0.25, -0.2) is 17.4 Å². The van der Waals surface area contributed by atoms with E-state index in [4.69, 9.17) is 0 Å². The number of aryl methyl sites for hydroxylation is 3. The molecule has 6 heteroatoms. The van der Waals surface area contributed by atoms with Crippen LogP contribution in [0.25, 0.3) is 11.4 Å². The molecule has 0 atom stereocenters. The van der Waals surface area contributed by atoms with Gasteiger partial charge >= 0.3 is 0 Å². The Morgan fingerprint density at radius 2 is 1.65 bits per heavy atom. The molecular weight excluding hydrogens is 346 g/mol. The highest BCUT2D eigenvalue weighted by Crippen LogP contribution is 2.28. The molecule has 0 aliphatic carbocycles. The van der Waals surface area contributed by atoms with Crippen LogP contribution in [-0.4, -0.2) is 24.4 Å². The predicted molar refractivity (Wildman–Crippen MR) is 104 cm³/mol. The number of hydrogen-bond acceptors (Lipinski definition) is 4. The van der Waals surface area contributed by atoms with Gasteiger partial charge in [0, 0.05) is 18.3 Å². The van der Waals surface area contributed by atoms with Gasteiger partial charge in [-0.15, -0.1) is 0 Å². The molecule has 1 N–H and O–H groups in total. The highest BCUT2D eigenvalue weighted by Gasteiger charge is 2.26. The molecule has 0 fully saturated rings. The van der Waals surface area contributed by atoms with Crippen LogP contribution >= 0.6 is 0 Å². The normalized spacial score (nSPS) is 11.7. The molecule has 0 radical (unpaired) electrons. The van der Waals surface area contributed by atoms with E-state index in [0.29, 0.717) is 23.0 Å². The van der Waals surface area contributed by atoms with Gasteiger partial charge in [0.25, 0.3) is 10.0 Å². The van der Waals surface area contributed by atoms with Gasteiger partial charge < -0.3 is 5.32 Å². The molecule has 0 spiro atoms. The van der Waals surface area contributed by atoms with Crippen molar-refractivity contribution < 1.29 is 8.42 Å². The lowest BCUT2D eigenvalue weighted by Gasteiger charge is -2.14. The van der Waals surface area contributed by atoms with E-state index in [-0.39, 0.29) is 0 Å². The van der Waals surface area contributed by atoms with Crippen molar-refractivity contribution in [2.45, 2.75) is 32.2 Å². The SMILES string of the molecule is CNCc1cn(S(=O)(=O)c2c(C)cc(C)cc2C)c(-c2ccccc2)n1. The van der Waals surface area contributed by atoms with Crippen LogP contribution in [0.4, 0.5) is 0 Å². The van der Waals surface area contributed by atoms with Gasteiger partial charge in [-0.1, -0.05) is 48.0 Å². The monoisotopic (exact) mass is 369 g/mol. The number of aromatic nitrogens is 2. The van der Waals surface area contributed by atoms with Crippen LogP contribution < -0.4 is 5.32 Å². The molecule has 2 aromatic carbocycles. The van der Waals surface area contributed by atoms with Crippen molar-refractivity contribution in [1.29, 1.82) is 0 Å². The van der Waals surface area contributed by atoms with Gasteiger partial charge in [-0.3, -0.25) is 0 Å². The Kier molecular flexibility index (Phi) is 4.98. The minimum Gasteiger partial charge on any atom is -0.314 e. The van der Waals surface area contributed by atoms with Gasteiger partial charge in [-0.05, 0) is 38.9 Å². The molecule has 0 aliphatic rings. The molecule has 0 unspecified atom stereocenters. The quantitative estimate of drug-likeness (QED) is 0.748. The second kappa shape index (κ2) is 7.05. The van der Waals surface area contributed by atoms with Gasteiger partial charge in [0.1, 0.15) is 0 Å². The maximum absolute atomic E-state index is 13.5. The van der Waals surface area contributed by atoms with Gasteiger partial charge in [0.2, 0.25) is 0 Å². The first-order valence-electron chi connectivity index (χ1n) is 8.46. The van der Waals surface area contributed by atoms with Crippen molar-refractivity contribution in [1.82, 2.24) is 14.3 Å². The van der Waals surface area contributed by atoms with Crippen molar-refractivity contribution in [3.8, 4) is 11.4 Å². The fourth-order valence-corrected chi connectivity index (χ4v) is 5.07. The molecule has 136 valence electrons. The zero-order valence-electron chi connectivity index (χ0n) is 15.4. The van der Waals surface area contributed by atoms with Crippen molar-refractivity contribution in [3.63, 3.8) is 0 Å². The molecule has 3 rings (SSSR count). The number of hydrogen-bond donors (Lipinski definition) is 1. The molecule has 0 saturated carbocycles. The van der Waals surface area contributed by atoms with E-state index in [0.717, 1.165) is 22.3 Å². The summed E-state index contributed by atoms with van der Waals surface area (Å²) in [5.41, 5.74) is 3.97. The summed E-state index contributed by atoms with van der Waals surface area (Å²) in [5, 5.41) is 3.03. The topological polar surface area (TPSA) is 64.0 Å².